The third kappa shape index (κ3) is 2.52. The number of anilines is 1. The van der Waals surface area contributed by atoms with Crippen LogP contribution in [0.3, 0.4) is 0 Å². The summed E-state index contributed by atoms with van der Waals surface area (Å²) >= 11 is 5.69. The van der Waals surface area contributed by atoms with Crippen LogP contribution in [-0.2, 0) is 0 Å². The van der Waals surface area contributed by atoms with Crippen molar-refractivity contribution in [2.24, 2.45) is 5.92 Å². The summed E-state index contributed by atoms with van der Waals surface area (Å²) in [5.41, 5.74) is 1.26. The third-order valence-electron chi connectivity index (χ3n) is 3.48. The van der Waals surface area contributed by atoms with Crippen molar-refractivity contribution in [3.05, 3.63) is 40.9 Å². The zero-order valence-electron chi connectivity index (χ0n) is 10.2. The summed E-state index contributed by atoms with van der Waals surface area (Å²) in [5.74, 6) is 3.46. The Morgan fingerprint density at radius 1 is 1.17 bits per heavy atom. The number of hydrogen-bond donors (Lipinski definition) is 1. The molecule has 2 aromatic rings. The second kappa shape index (κ2) is 5.54. The highest BCUT2D eigenvalue weighted by Gasteiger charge is 2.15. The maximum Gasteiger partial charge on any atom is 0.0420 e. The zero-order valence-corrected chi connectivity index (χ0v) is 12.6. The molecule has 0 saturated carbocycles. The molecule has 0 aliphatic carbocycles. The number of benzene rings is 2. The molecule has 1 nitrogen and oxygen atoms in total. The Bertz CT molecular complexity index is 549. The summed E-state index contributed by atoms with van der Waals surface area (Å²) in [4.78, 5) is 0. The molecule has 1 unspecified atom stereocenters. The van der Waals surface area contributed by atoms with Crippen LogP contribution in [0.4, 0.5) is 5.69 Å². The van der Waals surface area contributed by atoms with Crippen LogP contribution in [0.1, 0.15) is 6.42 Å². The lowest BCUT2D eigenvalue weighted by Crippen LogP contribution is -2.13. The number of thioether (sulfide) groups is 1. The Labute approximate surface area is 120 Å². The van der Waals surface area contributed by atoms with Gasteiger partial charge in [-0.05, 0) is 41.4 Å². The van der Waals surface area contributed by atoms with Gasteiger partial charge in [0.05, 0.1) is 0 Å². The average molecular weight is 322 g/mol. The van der Waals surface area contributed by atoms with Crippen molar-refractivity contribution < 1.29 is 0 Å². The van der Waals surface area contributed by atoms with E-state index < -0.39 is 0 Å². The van der Waals surface area contributed by atoms with Crippen molar-refractivity contribution in [2.75, 3.05) is 23.4 Å². The summed E-state index contributed by atoms with van der Waals surface area (Å²) in [6.45, 7) is 1.10. The molecule has 0 amide bonds. The van der Waals surface area contributed by atoms with Crippen LogP contribution in [0, 0.1) is 5.92 Å². The monoisotopic (exact) mass is 321 g/mol. The van der Waals surface area contributed by atoms with Crippen molar-refractivity contribution in [2.45, 2.75) is 6.42 Å². The molecule has 0 bridgehead atoms. The fourth-order valence-corrected chi connectivity index (χ4v) is 4.18. The van der Waals surface area contributed by atoms with Gasteiger partial charge in [0.25, 0.3) is 0 Å². The SMILES string of the molecule is Brc1ccc(NCC2CCSC2)c2ccccc12. The number of fused-ring (bicyclic) bond motifs is 1. The second-order valence-corrected chi connectivity index (χ2v) is 6.76. The van der Waals surface area contributed by atoms with E-state index in [1.165, 1.54) is 38.9 Å². The van der Waals surface area contributed by atoms with E-state index in [1.807, 2.05) is 0 Å². The first-order valence-corrected chi connectivity index (χ1v) is 8.28. The summed E-state index contributed by atoms with van der Waals surface area (Å²) < 4.78 is 1.17. The van der Waals surface area contributed by atoms with Crippen LogP contribution in [0.2, 0.25) is 0 Å². The second-order valence-electron chi connectivity index (χ2n) is 4.75. The molecule has 1 heterocycles. The highest BCUT2D eigenvalue weighted by atomic mass is 79.9. The minimum Gasteiger partial charge on any atom is -0.384 e. The minimum absolute atomic E-state index is 0.831. The van der Waals surface area contributed by atoms with Gasteiger partial charge in [-0.15, -0.1) is 0 Å². The van der Waals surface area contributed by atoms with Gasteiger partial charge in [-0.3, -0.25) is 0 Å². The molecule has 0 aromatic heterocycles. The molecule has 1 fully saturated rings. The van der Waals surface area contributed by atoms with Gasteiger partial charge in [0.2, 0.25) is 0 Å². The normalized spacial score (nSPS) is 19.3. The summed E-state index contributed by atoms with van der Waals surface area (Å²) in [5, 5.41) is 6.21. The number of rotatable bonds is 3. The van der Waals surface area contributed by atoms with Crippen molar-refractivity contribution in [3.8, 4) is 0 Å². The third-order valence-corrected chi connectivity index (χ3v) is 5.40. The minimum atomic E-state index is 0.831. The maximum atomic E-state index is 3.62. The lowest BCUT2D eigenvalue weighted by Gasteiger charge is -2.14. The first-order chi connectivity index (χ1) is 8.84. The molecule has 0 spiro atoms. The molecule has 0 radical (unpaired) electrons. The topological polar surface area (TPSA) is 12.0 Å². The molecule has 3 rings (SSSR count). The Hall–Kier alpha value is -0.670. The van der Waals surface area contributed by atoms with E-state index >= 15 is 0 Å². The molecule has 94 valence electrons. The predicted octanol–water partition coefficient (Wildman–Crippen LogP) is 4.77. The molecule has 2 aromatic carbocycles. The van der Waals surface area contributed by atoms with Crippen LogP contribution in [0.5, 0.6) is 0 Å². The molecule has 1 aliphatic heterocycles. The molecule has 1 atom stereocenters. The van der Waals surface area contributed by atoms with Crippen LogP contribution in [0.15, 0.2) is 40.9 Å². The molecular formula is C15H16BrNS. The number of hydrogen-bond acceptors (Lipinski definition) is 2. The van der Waals surface area contributed by atoms with E-state index in [1.54, 1.807) is 0 Å². The molecule has 1 aliphatic rings. The Morgan fingerprint density at radius 3 is 2.78 bits per heavy atom. The van der Waals surface area contributed by atoms with Gasteiger partial charge >= 0.3 is 0 Å². The molecular weight excluding hydrogens is 306 g/mol. The van der Waals surface area contributed by atoms with Crippen LogP contribution >= 0.6 is 27.7 Å². The van der Waals surface area contributed by atoms with Crippen molar-refractivity contribution in [1.29, 1.82) is 0 Å². The molecule has 18 heavy (non-hydrogen) atoms. The van der Waals surface area contributed by atoms with Crippen molar-refractivity contribution >= 4 is 44.2 Å². The number of halogens is 1. The summed E-state index contributed by atoms with van der Waals surface area (Å²) in [6.07, 6.45) is 1.35. The van der Waals surface area contributed by atoms with Gasteiger partial charge in [-0.25, -0.2) is 0 Å². The first-order valence-electron chi connectivity index (χ1n) is 6.33. The Morgan fingerprint density at radius 2 is 2.00 bits per heavy atom. The van der Waals surface area contributed by atoms with Gasteiger partial charge in [-0.2, -0.15) is 11.8 Å². The van der Waals surface area contributed by atoms with E-state index in [0.717, 1.165) is 12.5 Å². The summed E-state index contributed by atoms with van der Waals surface area (Å²) in [7, 11) is 0. The largest absolute Gasteiger partial charge is 0.384 e. The van der Waals surface area contributed by atoms with E-state index in [4.69, 9.17) is 0 Å². The lowest BCUT2D eigenvalue weighted by atomic mass is 10.1. The average Bonchev–Trinajstić information content (AvgIpc) is 2.92. The van der Waals surface area contributed by atoms with Gasteiger partial charge in [-0.1, -0.05) is 40.2 Å². The summed E-state index contributed by atoms with van der Waals surface area (Å²) in [6, 6.07) is 12.8. The fraction of sp³-hybridized carbons (Fsp3) is 0.333. The lowest BCUT2D eigenvalue weighted by molar-refractivity contribution is 0.632. The van der Waals surface area contributed by atoms with E-state index in [9.17, 15) is 0 Å². The molecule has 3 heteroatoms. The van der Waals surface area contributed by atoms with E-state index in [0.29, 0.717) is 0 Å². The van der Waals surface area contributed by atoms with Crippen LogP contribution < -0.4 is 5.32 Å². The fourth-order valence-electron chi connectivity index (χ4n) is 2.42. The van der Waals surface area contributed by atoms with Crippen LogP contribution in [-0.4, -0.2) is 18.1 Å². The predicted molar refractivity (Wildman–Crippen MR) is 85.6 cm³/mol. The van der Waals surface area contributed by atoms with E-state index in [-0.39, 0.29) is 0 Å². The Kier molecular flexibility index (Phi) is 3.80. The van der Waals surface area contributed by atoms with Gasteiger partial charge in [0, 0.05) is 22.1 Å². The first kappa shape index (κ1) is 12.4. The van der Waals surface area contributed by atoms with Gasteiger partial charge < -0.3 is 5.32 Å². The van der Waals surface area contributed by atoms with Crippen LogP contribution in [0.25, 0.3) is 10.8 Å². The number of nitrogens with one attached hydrogen (secondary N) is 1. The molecule has 1 saturated heterocycles. The standard InChI is InChI=1S/C15H16BrNS/c16-14-5-6-15(13-4-2-1-3-12(13)14)17-9-11-7-8-18-10-11/h1-6,11,17H,7-10H2. The highest BCUT2D eigenvalue weighted by Crippen LogP contribution is 2.31. The zero-order chi connectivity index (χ0) is 12.4. The maximum absolute atomic E-state index is 3.62. The quantitative estimate of drug-likeness (QED) is 0.874. The van der Waals surface area contributed by atoms with Crippen molar-refractivity contribution in [3.63, 3.8) is 0 Å². The van der Waals surface area contributed by atoms with Gasteiger partial charge in [0.15, 0.2) is 0 Å². The van der Waals surface area contributed by atoms with Crippen molar-refractivity contribution in [1.82, 2.24) is 0 Å². The molecule has 1 N–H and O–H groups in total. The highest BCUT2D eigenvalue weighted by molar-refractivity contribution is 9.10. The smallest absolute Gasteiger partial charge is 0.0420 e. The Balaban J connectivity index is 1.85. The van der Waals surface area contributed by atoms with E-state index in [2.05, 4.69) is 69.4 Å². The van der Waals surface area contributed by atoms with Gasteiger partial charge in [0.1, 0.15) is 0 Å².